The fourth-order valence-electron chi connectivity index (χ4n) is 5.82. The van der Waals surface area contributed by atoms with Crippen molar-refractivity contribution < 1.29 is 4.39 Å². The van der Waals surface area contributed by atoms with Crippen LogP contribution >= 0.6 is 0 Å². The van der Waals surface area contributed by atoms with Gasteiger partial charge in [-0.2, -0.15) is 4.98 Å². The molecule has 3 aliphatic rings. The van der Waals surface area contributed by atoms with Crippen molar-refractivity contribution in [3.8, 4) is 5.69 Å². The van der Waals surface area contributed by atoms with Gasteiger partial charge in [-0.3, -0.25) is 14.2 Å². The molecule has 0 bridgehead atoms. The third kappa shape index (κ3) is 3.51. The van der Waals surface area contributed by atoms with Crippen LogP contribution in [0, 0.1) is 0 Å². The van der Waals surface area contributed by atoms with Gasteiger partial charge in [0.05, 0.1) is 11.4 Å². The SMILES string of the molecule is CC(C)n1c(=O)c2cnc(Nc3ccc4c(c3)CNCC43CC3)nc2n1-c1ccnc(C2(CF)CC2)c1. The highest BCUT2D eigenvalue weighted by atomic mass is 19.1. The maximum atomic E-state index is 13.8. The van der Waals surface area contributed by atoms with Crippen LogP contribution in [0.3, 0.4) is 0 Å². The summed E-state index contributed by atoms with van der Waals surface area (Å²) >= 11 is 0. The number of nitrogens with one attached hydrogen (secondary N) is 2. The van der Waals surface area contributed by atoms with Crippen LogP contribution in [0.5, 0.6) is 0 Å². The first-order chi connectivity index (χ1) is 17.9. The average Bonchev–Trinajstić information content (AvgIpc) is 3.83. The van der Waals surface area contributed by atoms with E-state index in [1.165, 1.54) is 24.0 Å². The minimum absolute atomic E-state index is 0.117. The Hall–Kier alpha value is -3.59. The lowest BCUT2D eigenvalue weighted by molar-refractivity contribution is 0.411. The molecule has 4 heterocycles. The van der Waals surface area contributed by atoms with E-state index in [0.29, 0.717) is 22.4 Å². The number of halogens is 1. The summed E-state index contributed by atoms with van der Waals surface area (Å²) in [6, 6.07) is 10.1. The van der Waals surface area contributed by atoms with Gasteiger partial charge < -0.3 is 10.6 Å². The Morgan fingerprint density at radius 3 is 2.70 bits per heavy atom. The maximum absolute atomic E-state index is 13.8. The molecule has 3 aromatic heterocycles. The minimum Gasteiger partial charge on any atom is -0.324 e. The van der Waals surface area contributed by atoms with Gasteiger partial charge >= 0.3 is 0 Å². The van der Waals surface area contributed by atoms with Crippen LogP contribution in [0.2, 0.25) is 0 Å². The molecule has 1 spiro atoms. The Bertz CT molecular complexity index is 1600. The molecule has 0 radical (unpaired) electrons. The van der Waals surface area contributed by atoms with Gasteiger partial charge in [0.2, 0.25) is 5.95 Å². The molecular formula is C28H30FN7O. The van der Waals surface area contributed by atoms with Crippen molar-refractivity contribution in [1.29, 1.82) is 0 Å². The van der Waals surface area contributed by atoms with E-state index < -0.39 is 12.1 Å². The summed E-state index contributed by atoms with van der Waals surface area (Å²) in [5.74, 6) is 0.420. The monoisotopic (exact) mass is 499 g/mol. The van der Waals surface area contributed by atoms with Crippen molar-refractivity contribution in [3.63, 3.8) is 0 Å². The Kier molecular flexibility index (Phi) is 4.86. The summed E-state index contributed by atoms with van der Waals surface area (Å²) in [5.41, 5.74) is 5.32. The number of rotatable bonds is 6. The molecule has 2 saturated carbocycles. The Morgan fingerprint density at radius 1 is 1.14 bits per heavy atom. The van der Waals surface area contributed by atoms with E-state index in [1.54, 1.807) is 17.1 Å². The van der Waals surface area contributed by atoms with Crippen LogP contribution in [-0.2, 0) is 17.4 Å². The number of alkyl halides is 1. The second-order valence-electron chi connectivity index (χ2n) is 11.2. The quantitative estimate of drug-likeness (QED) is 0.408. The molecule has 2 aliphatic carbocycles. The normalized spacial score (nSPS) is 18.8. The summed E-state index contributed by atoms with van der Waals surface area (Å²) < 4.78 is 17.3. The fraction of sp³-hybridized carbons (Fsp3) is 0.429. The average molecular weight is 500 g/mol. The lowest BCUT2D eigenvalue weighted by Gasteiger charge is -2.26. The second kappa shape index (κ2) is 7.95. The van der Waals surface area contributed by atoms with Gasteiger partial charge in [-0.15, -0.1) is 0 Å². The lowest BCUT2D eigenvalue weighted by Crippen LogP contribution is -2.33. The Labute approximate surface area is 213 Å². The minimum atomic E-state index is -0.496. The van der Waals surface area contributed by atoms with Crippen molar-refractivity contribution in [2.75, 3.05) is 18.5 Å². The molecule has 2 fully saturated rings. The first-order valence-electron chi connectivity index (χ1n) is 13.1. The van der Waals surface area contributed by atoms with E-state index in [9.17, 15) is 9.18 Å². The predicted molar refractivity (Wildman–Crippen MR) is 141 cm³/mol. The van der Waals surface area contributed by atoms with E-state index >= 15 is 0 Å². The van der Waals surface area contributed by atoms with Crippen LogP contribution in [0.25, 0.3) is 16.7 Å². The van der Waals surface area contributed by atoms with Gasteiger partial charge in [-0.05, 0) is 74.9 Å². The number of fused-ring (bicyclic) bond motifs is 3. The van der Waals surface area contributed by atoms with Crippen molar-refractivity contribution in [2.24, 2.45) is 0 Å². The number of hydrogen-bond donors (Lipinski definition) is 2. The van der Waals surface area contributed by atoms with Crippen LogP contribution < -0.4 is 16.2 Å². The Balaban J connectivity index is 1.31. The molecule has 1 aliphatic heterocycles. The van der Waals surface area contributed by atoms with E-state index in [2.05, 4.69) is 38.8 Å². The number of pyridine rings is 1. The molecule has 0 saturated heterocycles. The predicted octanol–water partition coefficient (Wildman–Crippen LogP) is 4.44. The molecule has 1 aromatic carbocycles. The third-order valence-electron chi connectivity index (χ3n) is 8.32. The molecular weight excluding hydrogens is 469 g/mol. The molecule has 4 aromatic rings. The summed E-state index contributed by atoms with van der Waals surface area (Å²) in [4.78, 5) is 27.1. The molecule has 2 N–H and O–H groups in total. The zero-order chi connectivity index (χ0) is 25.4. The van der Waals surface area contributed by atoms with E-state index in [4.69, 9.17) is 4.98 Å². The first-order valence-corrected chi connectivity index (χ1v) is 13.1. The van der Waals surface area contributed by atoms with Gasteiger partial charge in [0.15, 0.2) is 5.65 Å². The lowest BCUT2D eigenvalue weighted by atomic mass is 9.88. The van der Waals surface area contributed by atoms with Gasteiger partial charge in [0.25, 0.3) is 5.56 Å². The maximum Gasteiger partial charge on any atom is 0.278 e. The van der Waals surface area contributed by atoms with Crippen LogP contribution in [-0.4, -0.2) is 37.5 Å². The highest BCUT2D eigenvalue weighted by Gasteiger charge is 2.47. The molecule has 7 rings (SSSR count). The first kappa shape index (κ1) is 22.6. The fourth-order valence-corrected chi connectivity index (χ4v) is 5.82. The second-order valence-corrected chi connectivity index (χ2v) is 11.2. The third-order valence-corrected chi connectivity index (χ3v) is 8.32. The van der Waals surface area contributed by atoms with E-state index in [1.807, 2.05) is 30.7 Å². The number of aromatic nitrogens is 5. The number of benzene rings is 1. The summed E-state index contributed by atoms with van der Waals surface area (Å²) in [5, 5.41) is 7.34. The largest absolute Gasteiger partial charge is 0.324 e. The van der Waals surface area contributed by atoms with Crippen molar-refractivity contribution in [1.82, 2.24) is 29.6 Å². The standard InChI is InChI=1S/C28H30FN7O/c1-17(2)35-25(37)21-14-32-26(33-19-3-4-22-18(11-19)13-30-16-28(22)8-9-28)34-24(21)36(35)20-5-10-31-23(12-20)27(15-29)6-7-27/h3-5,10-12,14,17,30H,6-9,13,15-16H2,1-2H3,(H,32,33,34). The molecule has 8 nitrogen and oxygen atoms in total. The zero-order valence-corrected chi connectivity index (χ0v) is 21.1. The van der Waals surface area contributed by atoms with E-state index in [0.717, 1.165) is 43.0 Å². The molecule has 190 valence electrons. The van der Waals surface area contributed by atoms with Gasteiger partial charge in [-0.25, -0.2) is 14.3 Å². The summed E-state index contributed by atoms with van der Waals surface area (Å²) in [7, 11) is 0. The Morgan fingerprint density at radius 2 is 1.97 bits per heavy atom. The van der Waals surface area contributed by atoms with Crippen LogP contribution in [0.4, 0.5) is 16.0 Å². The van der Waals surface area contributed by atoms with Crippen LogP contribution in [0.15, 0.2) is 47.5 Å². The van der Waals surface area contributed by atoms with E-state index in [-0.39, 0.29) is 11.6 Å². The summed E-state index contributed by atoms with van der Waals surface area (Å²) in [6.07, 6.45) is 7.34. The molecule has 37 heavy (non-hydrogen) atoms. The van der Waals surface area contributed by atoms with Crippen LogP contribution in [0.1, 0.15) is 62.4 Å². The van der Waals surface area contributed by atoms with Gasteiger partial charge in [0.1, 0.15) is 12.1 Å². The molecule has 0 amide bonds. The van der Waals surface area contributed by atoms with Crippen molar-refractivity contribution >= 4 is 22.7 Å². The number of nitrogens with zero attached hydrogens (tertiary/aromatic N) is 5. The smallest absolute Gasteiger partial charge is 0.278 e. The summed E-state index contributed by atoms with van der Waals surface area (Å²) in [6.45, 7) is 5.40. The highest BCUT2D eigenvalue weighted by molar-refractivity contribution is 5.77. The van der Waals surface area contributed by atoms with Crippen molar-refractivity contribution in [2.45, 2.75) is 62.9 Å². The number of hydrogen-bond acceptors (Lipinski definition) is 6. The highest BCUT2D eigenvalue weighted by Crippen LogP contribution is 2.51. The topological polar surface area (TPSA) is 89.7 Å². The number of anilines is 2. The molecule has 0 unspecified atom stereocenters. The van der Waals surface area contributed by atoms with Gasteiger partial charge in [0, 0.05) is 48.0 Å². The molecule has 9 heteroatoms. The van der Waals surface area contributed by atoms with Gasteiger partial charge in [-0.1, -0.05) is 6.07 Å². The molecule has 0 atom stereocenters. The van der Waals surface area contributed by atoms with Crippen molar-refractivity contribution in [3.05, 3.63) is 69.9 Å². The zero-order valence-electron chi connectivity index (χ0n) is 21.1.